The van der Waals surface area contributed by atoms with Crippen molar-refractivity contribution < 1.29 is 9.13 Å². The van der Waals surface area contributed by atoms with Crippen LogP contribution in [0.1, 0.15) is 12.5 Å². The quantitative estimate of drug-likeness (QED) is 0.666. The van der Waals surface area contributed by atoms with E-state index in [1.807, 2.05) is 30.3 Å². The summed E-state index contributed by atoms with van der Waals surface area (Å²) >= 11 is 0. The van der Waals surface area contributed by atoms with Gasteiger partial charge in [-0.05, 0) is 12.5 Å². The highest BCUT2D eigenvalue weighted by molar-refractivity contribution is 5.13. The van der Waals surface area contributed by atoms with E-state index in [-0.39, 0.29) is 6.61 Å². The average molecular weight is 192 g/mol. The van der Waals surface area contributed by atoms with Crippen LogP contribution in [-0.2, 0) is 11.3 Å². The van der Waals surface area contributed by atoms with Crippen LogP contribution in [0.2, 0.25) is 0 Å². The summed E-state index contributed by atoms with van der Waals surface area (Å²) in [5.74, 6) is 4.90. The van der Waals surface area contributed by atoms with Crippen LogP contribution in [0.15, 0.2) is 30.3 Å². The number of alkyl halides is 1. The van der Waals surface area contributed by atoms with Crippen LogP contribution in [0, 0.1) is 11.8 Å². The first-order chi connectivity index (χ1) is 6.83. The van der Waals surface area contributed by atoms with Gasteiger partial charge in [0.1, 0.15) is 0 Å². The fourth-order valence-corrected chi connectivity index (χ4v) is 1.05. The van der Waals surface area contributed by atoms with Crippen LogP contribution in [0.4, 0.5) is 4.39 Å². The maximum absolute atomic E-state index is 12.8. The molecule has 0 radical (unpaired) electrons. The lowest BCUT2D eigenvalue weighted by atomic mass is 10.2. The van der Waals surface area contributed by atoms with Crippen LogP contribution >= 0.6 is 0 Å². The van der Waals surface area contributed by atoms with Crippen molar-refractivity contribution in [2.45, 2.75) is 19.7 Å². The van der Waals surface area contributed by atoms with Crippen LogP contribution in [0.25, 0.3) is 0 Å². The van der Waals surface area contributed by atoms with E-state index in [9.17, 15) is 4.39 Å². The van der Waals surface area contributed by atoms with E-state index in [2.05, 4.69) is 11.8 Å². The van der Waals surface area contributed by atoms with Gasteiger partial charge in [0.2, 0.25) is 0 Å². The van der Waals surface area contributed by atoms with Crippen molar-refractivity contribution in [3.8, 4) is 11.8 Å². The molecular weight excluding hydrogens is 179 g/mol. The number of hydrogen-bond acceptors (Lipinski definition) is 1. The van der Waals surface area contributed by atoms with E-state index in [4.69, 9.17) is 4.74 Å². The zero-order chi connectivity index (χ0) is 10.2. The van der Waals surface area contributed by atoms with E-state index in [0.717, 1.165) is 5.56 Å². The third-order valence-corrected chi connectivity index (χ3v) is 1.68. The smallest absolute Gasteiger partial charge is 0.183 e. The summed E-state index contributed by atoms with van der Waals surface area (Å²) in [4.78, 5) is 0. The molecule has 1 atom stereocenters. The largest absolute Gasteiger partial charge is 0.373 e. The lowest BCUT2D eigenvalue weighted by Gasteiger charge is -2.03. The number of rotatable bonds is 4. The molecule has 0 unspecified atom stereocenters. The second-order valence-corrected chi connectivity index (χ2v) is 2.86. The van der Waals surface area contributed by atoms with Crippen LogP contribution < -0.4 is 0 Å². The molecule has 1 aromatic rings. The van der Waals surface area contributed by atoms with Gasteiger partial charge in [0.05, 0.1) is 13.2 Å². The Kier molecular flexibility index (Phi) is 4.74. The molecule has 0 aliphatic heterocycles. The molecule has 2 heteroatoms. The molecule has 0 aromatic heterocycles. The molecular formula is C12H13FO. The number of benzene rings is 1. The van der Waals surface area contributed by atoms with Crippen molar-refractivity contribution in [1.29, 1.82) is 0 Å². The van der Waals surface area contributed by atoms with Crippen molar-refractivity contribution in [2.24, 2.45) is 0 Å². The maximum atomic E-state index is 12.8. The van der Waals surface area contributed by atoms with Crippen molar-refractivity contribution in [3.05, 3.63) is 35.9 Å². The molecule has 0 spiro atoms. The topological polar surface area (TPSA) is 9.23 Å². The van der Waals surface area contributed by atoms with Gasteiger partial charge in [-0.3, -0.25) is 0 Å². The zero-order valence-electron chi connectivity index (χ0n) is 8.16. The van der Waals surface area contributed by atoms with Gasteiger partial charge in [0.15, 0.2) is 6.17 Å². The van der Waals surface area contributed by atoms with Gasteiger partial charge in [-0.2, -0.15) is 0 Å². The maximum Gasteiger partial charge on any atom is 0.183 e. The Balaban J connectivity index is 2.24. The van der Waals surface area contributed by atoms with Crippen molar-refractivity contribution in [3.63, 3.8) is 0 Å². The molecule has 0 bridgehead atoms. The summed E-state index contributed by atoms with van der Waals surface area (Å²) in [7, 11) is 0. The van der Waals surface area contributed by atoms with E-state index in [1.54, 1.807) is 6.92 Å². The molecule has 0 heterocycles. The van der Waals surface area contributed by atoms with Crippen molar-refractivity contribution in [1.82, 2.24) is 0 Å². The van der Waals surface area contributed by atoms with Gasteiger partial charge in [0.25, 0.3) is 0 Å². The highest BCUT2D eigenvalue weighted by Gasteiger charge is 2.00. The molecule has 1 rings (SSSR count). The van der Waals surface area contributed by atoms with Gasteiger partial charge in [0, 0.05) is 0 Å². The van der Waals surface area contributed by atoms with Crippen LogP contribution in [-0.4, -0.2) is 12.8 Å². The molecule has 0 aliphatic rings. The highest BCUT2D eigenvalue weighted by atomic mass is 19.1. The van der Waals surface area contributed by atoms with Crippen molar-refractivity contribution in [2.75, 3.05) is 6.61 Å². The van der Waals surface area contributed by atoms with E-state index < -0.39 is 6.17 Å². The first kappa shape index (κ1) is 10.7. The lowest BCUT2D eigenvalue weighted by molar-refractivity contribution is 0.0880. The SMILES string of the molecule is CC#C[C@@H](F)COCc1ccccc1. The molecule has 14 heavy (non-hydrogen) atoms. The molecule has 0 fully saturated rings. The summed E-state index contributed by atoms with van der Waals surface area (Å²) in [5.41, 5.74) is 1.05. The van der Waals surface area contributed by atoms with E-state index >= 15 is 0 Å². The summed E-state index contributed by atoms with van der Waals surface area (Å²) in [6, 6.07) is 9.68. The standard InChI is InChI=1S/C12H13FO/c1-2-6-12(13)10-14-9-11-7-4-3-5-8-11/h3-5,7-8,12H,9-10H2,1H3/t12-/m1/s1. The Hall–Kier alpha value is -1.33. The highest BCUT2D eigenvalue weighted by Crippen LogP contribution is 2.01. The molecule has 0 aliphatic carbocycles. The minimum atomic E-state index is -1.18. The van der Waals surface area contributed by atoms with Crippen molar-refractivity contribution >= 4 is 0 Å². The predicted molar refractivity (Wildman–Crippen MR) is 54.4 cm³/mol. The van der Waals surface area contributed by atoms with Gasteiger partial charge < -0.3 is 4.74 Å². The van der Waals surface area contributed by atoms with Crippen LogP contribution in [0.5, 0.6) is 0 Å². The fourth-order valence-electron chi connectivity index (χ4n) is 1.05. The molecule has 0 saturated carbocycles. The zero-order valence-corrected chi connectivity index (χ0v) is 8.16. The number of halogens is 1. The fraction of sp³-hybridized carbons (Fsp3) is 0.333. The first-order valence-electron chi connectivity index (χ1n) is 4.51. The third kappa shape index (κ3) is 4.06. The normalized spacial score (nSPS) is 11.6. The molecule has 0 saturated heterocycles. The van der Waals surface area contributed by atoms with E-state index in [0.29, 0.717) is 6.61 Å². The first-order valence-corrected chi connectivity index (χ1v) is 4.51. The van der Waals surface area contributed by atoms with Gasteiger partial charge in [-0.25, -0.2) is 4.39 Å². The van der Waals surface area contributed by atoms with Gasteiger partial charge in [-0.15, -0.1) is 5.92 Å². The predicted octanol–water partition coefficient (Wildman–Crippen LogP) is 2.56. The summed E-state index contributed by atoms with van der Waals surface area (Å²) in [6.45, 7) is 2.09. The van der Waals surface area contributed by atoms with Gasteiger partial charge in [-0.1, -0.05) is 36.3 Å². The Morgan fingerprint density at radius 2 is 2.07 bits per heavy atom. The molecule has 0 amide bonds. The van der Waals surface area contributed by atoms with Gasteiger partial charge >= 0.3 is 0 Å². The monoisotopic (exact) mass is 192 g/mol. The average Bonchev–Trinajstić information content (AvgIpc) is 2.20. The molecule has 1 nitrogen and oxygen atoms in total. The summed E-state index contributed by atoms with van der Waals surface area (Å²) in [6.07, 6.45) is -1.18. The number of ether oxygens (including phenoxy) is 1. The minimum absolute atomic E-state index is 0.0374. The Bertz CT molecular complexity index is 310. The Morgan fingerprint density at radius 1 is 1.36 bits per heavy atom. The Morgan fingerprint density at radius 3 is 2.71 bits per heavy atom. The lowest BCUT2D eigenvalue weighted by Crippen LogP contribution is -2.07. The van der Waals surface area contributed by atoms with Crippen LogP contribution in [0.3, 0.4) is 0 Å². The summed E-state index contributed by atoms with van der Waals surface area (Å²) in [5, 5.41) is 0. The molecule has 0 N–H and O–H groups in total. The minimum Gasteiger partial charge on any atom is -0.373 e. The van der Waals surface area contributed by atoms with E-state index in [1.165, 1.54) is 0 Å². The number of hydrogen-bond donors (Lipinski definition) is 0. The molecule has 74 valence electrons. The third-order valence-electron chi connectivity index (χ3n) is 1.68. The Labute approximate surface area is 83.9 Å². The second kappa shape index (κ2) is 6.17. The summed E-state index contributed by atoms with van der Waals surface area (Å²) < 4.78 is 18.0. The second-order valence-electron chi connectivity index (χ2n) is 2.86. The molecule has 1 aromatic carbocycles.